The molecule has 0 aliphatic rings. The molecule has 3 aromatic carbocycles. The summed E-state index contributed by atoms with van der Waals surface area (Å²) in [4.78, 5) is 0. The number of nitrogens with two attached hydrogens (primary N) is 1. The van der Waals surface area contributed by atoms with Gasteiger partial charge in [0.2, 0.25) is 0 Å². The van der Waals surface area contributed by atoms with Crippen LogP contribution in [0, 0.1) is 5.82 Å². The first-order chi connectivity index (χ1) is 10.7. The lowest BCUT2D eigenvalue weighted by Crippen LogP contribution is -1.97. The Hall–Kier alpha value is -2.81. The number of halogens is 1. The normalized spacial score (nSPS) is 10.4. The van der Waals surface area contributed by atoms with Crippen LogP contribution < -0.4 is 10.5 Å². The largest absolute Gasteiger partial charge is 0.489 e. The molecule has 2 nitrogen and oxygen atoms in total. The van der Waals surface area contributed by atoms with E-state index < -0.39 is 0 Å². The third-order valence-corrected chi connectivity index (χ3v) is 3.44. The standard InChI is InChI=1S/C19H16FNO/c20-18-9-5-4-8-16(18)17-11-10-15(12-19(17)21)22-13-14-6-2-1-3-7-14/h1-12H,13,21H2. The van der Waals surface area contributed by atoms with E-state index in [-0.39, 0.29) is 5.82 Å². The summed E-state index contributed by atoms with van der Waals surface area (Å²) in [6.45, 7) is 0.472. The molecule has 0 spiro atoms. The molecule has 0 aliphatic heterocycles. The molecule has 0 bridgehead atoms. The van der Waals surface area contributed by atoms with Gasteiger partial charge in [-0.1, -0.05) is 48.5 Å². The minimum Gasteiger partial charge on any atom is -0.489 e. The van der Waals surface area contributed by atoms with Gasteiger partial charge in [0.25, 0.3) is 0 Å². The summed E-state index contributed by atoms with van der Waals surface area (Å²) in [5.74, 6) is 0.383. The van der Waals surface area contributed by atoms with Gasteiger partial charge in [-0.25, -0.2) is 4.39 Å². The third-order valence-electron chi connectivity index (χ3n) is 3.44. The van der Waals surface area contributed by atoms with E-state index in [1.54, 1.807) is 36.4 Å². The van der Waals surface area contributed by atoms with E-state index in [1.807, 2.05) is 30.3 Å². The van der Waals surface area contributed by atoms with Gasteiger partial charge in [-0.2, -0.15) is 0 Å². The molecule has 3 heteroatoms. The molecule has 0 aliphatic carbocycles. The molecule has 0 atom stereocenters. The molecule has 0 unspecified atom stereocenters. The second kappa shape index (κ2) is 6.31. The van der Waals surface area contributed by atoms with Crippen LogP contribution in [0.2, 0.25) is 0 Å². The zero-order valence-electron chi connectivity index (χ0n) is 12.0. The van der Waals surface area contributed by atoms with Crippen molar-refractivity contribution >= 4 is 5.69 Å². The van der Waals surface area contributed by atoms with Crippen LogP contribution in [0.25, 0.3) is 11.1 Å². The van der Waals surface area contributed by atoms with Gasteiger partial charge in [-0.3, -0.25) is 0 Å². The van der Waals surface area contributed by atoms with Gasteiger partial charge in [-0.05, 0) is 23.8 Å². The number of ether oxygens (including phenoxy) is 1. The van der Waals surface area contributed by atoms with Crippen LogP contribution in [-0.2, 0) is 6.61 Å². The van der Waals surface area contributed by atoms with E-state index in [1.165, 1.54) is 6.07 Å². The van der Waals surface area contributed by atoms with Crippen molar-refractivity contribution in [2.24, 2.45) is 0 Å². The van der Waals surface area contributed by atoms with E-state index >= 15 is 0 Å². The first-order valence-electron chi connectivity index (χ1n) is 7.05. The van der Waals surface area contributed by atoms with Crippen molar-refractivity contribution in [2.45, 2.75) is 6.61 Å². The maximum absolute atomic E-state index is 13.8. The van der Waals surface area contributed by atoms with Crippen LogP contribution in [0.4, 0.5) is 10.1 Å². The first kappa shape index (κ1) is 14.1. The SMILES string of the molecule is Nc1cc(OCc2ccccc2)ccc1-c1ccccc1F. The Labute approximate surface area is 129 Å². The zero-order valence-corrected chi connectivity index (χ0v) is 12.0. The molecular weight excluding hydrogens is 277 g/mol. The lowest BCUT2D eigenvalue weighted by atomic mass is 10.0. The minimum atomic E-state index is -0.285. The van der Waals surface area contributed by atoms with Crippen LogP contribution >= 0.6 is 0 Å². The van der Waals surface area contributed by atoms with Crippen LogP contribution in [0.15, 0.2) is 72.8 Å². The molecule has 110 valence electrons. The molecule has 0 aromatic heterocycles. The van der Waals surface area contributed by atoms with Gasteiger partial charge in [0.15, 0.2) is 0 Å². The monoisotopic (exact) mass is 293 g/mol. The molecule has 0 saturated heterocycles. The summed E-state index contributed by atoms with van der Waals surface area (Å²) >= 11 is 0. The van der Waals surface area contributed by atoms with Crippen LogP contribution in [0.1, 0.15) is 5.56 Å². The van der Waals surface area contributed by atoms with Gasteiger partial charge in [0, 0.05) is 22.9 Å². The summed E-state index contributed by atoms with van der Waals surface area (Å²) in [6, 6.07) is 21.8. The highest BCUT2D eigenvalue weighted by Gasteiger charge is 2.08. The average molecular weight is 293 g/mol. The Morgan fingerprint density at radius 2 is 1.55 bits per heavy atom. The summed E-state index contributed by atoms with van der Waals surface area (Å²) in [6.07, 6.45) is 0. The van der Waals surface area contributed by atoms with Crippen LogP contribution in [-0.4, -0.2) is 0 Å². The van der Waals surface area contributed by atoms with Crippen molar-refractivity contribution in [2.75, 3.05) is 5.73 Å². The highest BCUT2D eigenvalue weighted by molar-refractivity contribution is 5.77. The minimum absolute atomic E-state index is 0.285. The van der Waals surface area contributed by atoms with Crippen molar-refractivity contribution < 1.29 is 9.13 Å². The molecule has 0 heterocycles. The Morgan fingerprint density at radius 3 is 2.27 bits per heavy atom. The zero-order chi connectivity index (χ0) is 15.4. The van der Waals surface area contributed by atoms with E-state index in [2.05, 4.69) is 0 Å². The number of nitrogen functional groups attached to an aromatic ring is 1. The predicted molar refractivity (Wildman–Crippen MR) is 87.0 cm³/mol. The Balaban J connectivity index is 1.79. The maximum Gasteiger partial charge on any atom is 0.131 e. The molecule has 0 amide bonds. The molecule has 0 radical (unpaired) electrons. The number of benzene rings is 3. The Bertz CT molecular complexity index is 771. The topological polar surface area (TPSA) is 35.2 Å². The van der Waals surface area contributed by atoms with Crippen molar-refractivity contribution in [1.82, 2.24) is 0 Å². The van der Waals surface area contributed by atoms with Gasteiger partial charge < -0.3 is 10.5 Å². The highest BCUT2D eigenvalue weighted by atomic mass is 19.1. The molecule has 3 aromatic rings. The number of hydrogen-bond donors (Lipinski definition) is 1. The Morgan fingerprint density at radius 1 is 0.818 bits per heavy atom. The average Bonchev–Trinajstić information content (AvgIpc) is 2.55. The molecule has 22 heavy (non-hydrogen) atoms. The fraction of sp³-hybridized carbons (Fsp3) is 0.0526. The Kier molecular flexibility index (Phi) is 4.05. The van der Waals surface area contributed by atoms with E-state index in [4.69, 9.17) is 10.5 Å². The van der Waals surface area contributed by atoms with E-state index in [0.29, 0.717) is 29.2 Å². The second-order valence-corrected chi connectivity index (χ2v) is 5.00. The van der Waals surface area contributed by atoms with Crippen LogP contribution in [0.5, 0.6) is 5.75 Å². The quantitative estimate of drug-likeness (QED) is 0.710. The molecular formula is C19H16FNO. The fourth-order valence-corrected chi connectivity index (χ4v) is 2.30. The van der Waals surface area contributed by atoms with Gasteiger partial charge in [0.1, 0.15) is 18.2 Å². The smallest absolute Gasteiger partial charge is 0.131 e. The van der Waals surface area contributed by atoms with Gasteiger partial charge in [-0.15, -0.1) is 0 Å². The summed E-state index contributed by atoms with van der Waals surface area (Å²) in [5.41, 5.74) is 8.79. The number of hydrogen-bond acceptors (Lipinski definition) is 2. The van der Waals surface area contributed by atoms with Gasteiger partial charge in [0.05, 0.1) is 0 Å². The van der Waals surface area contributed by atoms with Crippen molar-refractivity contribution in [3.63, 3.8) is 0 Å². The van der Waals surface area contributed by atoms with Crippen molar-refractivity contribution in [3.8, 4) is 16.9 Å². The molecule has 3 rings (SSSR count). The van der Waals surface area contributed by atoms with E-state index in [0.717, 1.165) is 5.56 Å². The third kappa shape index (κ3) is 3.09. The van der Waals surface area contributed by atoms with Crippen molar-refractivity contribution in [3.05, 3.63) is 84.2 Å². The summed E-state index contributed by atoms with van der Waals surface area (Å²) < 4.78 is 19.6. The molecule has 0 fully saturated rings. The van der Waals surface area contributed by atoms with Crippen molar-refractivity contribution in [1.29, 1.82) is 0 Å². The highest BCUT2D eigenvalue weighted by Crippen LogP contribution is 2.31. The fourth-order valence-electron chi connectivity index (χ4n) is 2.30. The lowest BCUT2D eigenvalue weighted by molar-refractivity contribution is 0.306. The predicted octanol–water partition coefficient (Wildman–Crippen LogP) is 4.65. The second-order valence-electron chi connectivity index (χ2n) is 5.00. The maximum atomic E-state index is 13.8. The number of rotatable bonds is 4. The number of anilines is 1. The summed E-state index contributed by atoms with van der Waals surface area (Å²) in [7, 11) is 0. The lowest BCUT2D eigenvalue weighted by Gasteiger charge is -2.11. The van der Waals surface area contributed by atoms with Crippen LogP contribution in [0.3, 0.4) is 0 Å². The summed E-state index contributed by atoms with van der Waals surface area (Å²) in [5, 5.41) is 0. The first-order valence-corrected chi connectivity index (χ1v) is 7.05. The van der Waals surface area contributed by atoms with E-state index in [9.17, 15) is 4.39 Å². The van der Waals surface area contributed by atoms with Gasteiger partial charge >= 0.3 is 0 Å². The molecule has 2 N–H and O–H groups in total. The molecule has 0 saturated carbocycles.